The Balaban J connectivity index is 2.13. The first-order valence-corrected chi connectivity index (χ1v) is 6.93. The van der Waals surface area contributed by atoms with E-state index in [0.717, 1.165) is 33.7 Å². The third kappa shape index (κ3) is 2.06. The number of nitrogens with zero attached hydrogens (tertiary/aromatic N) is 6. The minimum absolute atomic E-state index is 0.263. The van der Waals surface area contributed by atoms with Gasteiger partial charge in [0, 0.05) is 12.7 Å². The van der Waals surface area contributed by atoms with Crippen molar-refractivity contribution in [1.82, 2.24) is 29.6 Å². The Kier molecular flexibility index (Phi) is 2.98. The van der Waals surface area contributed by atoms with E-state index in [-0.39, 0.29) is 4.96 Å². The van der Waals surface area contributed by atoms with Crippen molar-refractivity contribution in [2.24, 2.45) is 0 Å². The van der Waals surface area contributed by atoms with Gasteiger partial charge in [0.1, 0.15) is 0 Å². The second-order valence-electron chi connectivity index (χ2n) is 4.11. The topological polar surface area (TPSA) is 60.9 Å². The quantitative estimate of drug-likeness (QED) is 0.697. The summed E-state index contributed by atoms with van der Waals surface area (Å²) in [6, 6.07) is 0. The molecule has 0 aliphatic carbocycles. The molecule has 3 heterocycles. The summed E-state index contributed by atoms with van der Waals surface area (Å²) in [5.41, 5.74) is 1.56. The lowest BCUT2D eigenvalue weighted by atomic mass is 10.3. The van der Waals surface area contributed by atoms with Gasteiger partial charge in [-0.2, -0.15) is 23.5 Å². The molecule has 3 rings (SSSR count). The van der Waals surface area contributed by atoms with Gasteiger partial charge in [-0.3, -0.25) is 4.68 Å². The van der Waals surface area contributed by atoms with E-state index in [1.54, 1.807) is 4.68 Å². The molecule has 0 aromatic carbocycles. The summed E-state index contributed by atoms with van der Waals surface area (Å²) >= 11 is 6.14. The van der Waals surface area contributed by atoms with Gasteiger partial charge in [0.15, 0.2) is 5.01 Å². The van der Waals surface area contributed by atoms with Gasteiger partial charge in [-0.05, 0) is 25.4 Å². The molecule has 0 aliphatic heterocycles. The van der Waals surface area contributed by atoms with Gasteiger partial charge in [-0.1, -0.05) is 11.3 Å². The molecule has 0 bridgehead atoms. The molecule has 0 saturated carbocycles. The van der Waals surface area contributed by atoms with Crippen molar-refractivity contribution >= 4 is 27.9 Å². The Bertz CT molecular complexity index is 770. The van der Waals surface area contributed by atoms with Crippen molar-refractivity contribution in [3.05, 3.63) is 17.7 Å². The fourth-order valence-corrected chi connectivity index (χ4v) is 2.81. The van der Waals surface area contributed by atoms with E-state index < -0.39 is 11.2 Å². The summed E-state index contributed by atoms with van der Waals surface area (Å²) in [4.78, 5) is 0.263. The van der Waals surface area contributed by atoms with E-state index >= 15 is 0 Å². The molecule has 0 saturated heterocycles. The Morgan fingerprint density at radius 3 is 2.70 bits per heavy atom. The highest BCUT2D eigenvalue weighted by atomic mass is 35.5. The molecule has 3 aromatic rings. The lowest BCUT2D eigenvalue weighted by molar-refractivity contribution is 0.0821. The molecule has 3 aromatic heterocycles. The first kappa shape index (κ1) is 13.4. The summed E-state index contributed by atoms with van der Waals surface area (Å²) in [7, 11) is 0. The maximum absolute atomic E-state index is 13.2. The number of fused-ring (bicyclic) bond motifs is 1. The highest BCUT2D eigenvalue weighted by Crippen LogP contribution is 2.34. The fourth-order valence-electron chi connectivity index (χ4n) is 1.79. The van der Waals surface area contributed by atoms with E-state index in [9.17, 15) is 8.78 Å². The zero-order valence-corrected chi connectivity index (χ0v) is 12.1. The van der Waals surface area contributed by atoms with E-state index in [4.69, 9.17) is 11.6 Å². The minimum atomic E-state index is -3.60. The third-order valence-electron chi connectivity index (χ3n) is 2.75. The van der Waals surface area contributed by atoms with Gasteiger partial charge in [-0.15, -0.1) is 10.2 Å². The largest absolute Gasteiger partial charge is 0.383 e. The van der Waals surface area contributed by atoms with Gasteiger partial charge < -0.3 is 0 Å². The number of aromatic nitrogens is 6. The van der Waals surface area contributed by atoms with E-state index in [0.29, 0.717) is 5.01 Å². The first-order valence-electron chi connectivity index (χ1n) is 5.74. The number of rotatable bonds is 3. The van der Waals surface area contributed by atoms with Gasteiger partial charge in [0.2, 0.25) is 10.8 Å². The van der Waals surface area contributed by atoms with Crippen molar-refractivity contribution in [3.8, 4) is 10.6 Å². The van der Waals surface area contributed by atoms with E-state index in [1.165, 1.54) is 0 Å². The molecular weight excluding hydrogens is 310 g/mol. The van der Waals surface area contributed by atoms with Crippen LogP contribution in [-0.4, -0.2) is 29.6 Å². The van der Waals surface area contributed by atoms with Crippen LogP contribution in [0.3, 0.4) is 0 Å². The van der Waals surface area contributed by atoms with Crippen LogP contribution in [0, 0.1) is 6.92 Å². The summed E-state index contributed by atoms with van der Waals surface area (Å²) in [5, 5.41) is 12.4. The molecular formula is C10H9ClF2N6S. The Hall–Kier alpha value is -1.61. The van der Waals surface area contributed by atoms with Crippen LogP contribution < -0.4 is 0 Å². The molecule has 0 radical (unpaired) electrons. The summed E-state index contributed by atoms with van der Waals surface area (Å²) in [6.07, 6.45) is 1.82. The molecule has 6 nitrogen and oxygen atoms in total. The van der Waals surface area contributed by atoms with Crippen LogP contribution in [0.1, 0.15) is 18.4 Å². The molecule has 0 atom stereocenters. The number of halogens is 3. The lowest BCUT2D eigenvalue weighted by Crippen LogP contribution is -2.10. The predicted molar refractivity (Wildman–Crippen MR) is 70.0 cm³/mol. The predicted octanol–water partition coefficient (Wildman–Crippen LogP) is 2.67. The Morgan fingerprint density at radius 1 is 1.35 bits per heavy atom. The van der Waals surface area contributed by atoms with Crippen LogP contribution in [-0.2, 0) is 11.9 Å². The van der Waals surface area contributed by atoms with Crippen LogP contribution in [0.15, 0.2) is 6.20 Å². The van der Waals surface area contributed by atoms with E-state index in [1.807, 2.05) is 20.0 Å². The smallest absolute Gasteiger partial charge is 0.272 e. The molecule has 0 spiro atoms. The molecule has 10 heteroatoms. The van der Waals surface area contributed by atoms with Crippen molar-refractivity contribution in [1.29, 1.82) is 0 Å². The minimum Gasteiger partial charge on any atom is -0.272 e. The van der Waals surface area contributed by atoms with E-state index in [2.05, 4.69) is 20.4 Å². The van der Waals surface area contributed by atoms with Gasteiger partial charge in [0.25, 0.3) is 0 Å². The summed E-state index contributed by atoms with van der Waals surface area (Å²) < 4.78 is 29.0. The highest BCUT2D eigenvalue weighted by Gasteiger charge is 2.35. The van der Waals surface area contributed by atoms with Crippen LogP contribution in [0.2, 0.25) is 0 Å². The number of hydrogen-bond acceptors (Lipinski definition) is 5. The standard InChI is InChI=1S/C10H9ClF2N6S/c1-3-18-4-6(5(2)16-18)7-17-19-8(10(11,12)13)14-15-9(19)20-7/h4H,3H2,1-2H3. The second kappa shape index (κ2) is 4.45. The van der Waals surface area contributed by atoms with Gasteiger partial charge in [-0.25, -0.2) is 0 Å². The van der Waals surface area contributed by atoms with Crippen molar-refractivity contribution in [3.63, 3.8) is 0 Å². The maximum Gasteiger partial charge on any atom is 0.383 e. The Labute approximate surface area is 121 Å². The van der Waals surface area contributed by atoms with Gasteiger partial charge >= 0.3 is 5.38 Å². The molecule has 0 amide bonds. The maximum atomic E-state index is 13.2. The number of alkyl halides is 3. The normalized spacial score (nSPS) is 12.4. The fraction of sp³-hybridized carbons (Fsp3) is 0.400. The Morgan fingerprint density at radius 2 is 2.10 bits per heavy atom. The summed E-state index contributed by atoms with van der Waals surface area (Å²) in [5.74, 6) is -0.683. The average molecular weight is 319 g/mol. The SMILES string of the molecule is CCn1cc(-c2nn3c(C(F)(F)Cl)nnc3s2)c(C)n1. The van der Waals surface area contributed by atoms with Crippen molar-refractivity contribution < 1.29 is 8.78 Å². The molecule has 0 N–H and O–H groups in total. The molecule has 106 valence electrons. The van der Waals surface area contributed by atoms with Crippen LogP contribution in [0.4, 0.5) is 8.78 Å². The number of hydrogen-bond donors (Lipinski definition) is 0. The lowest BCUT2D eigenvalue weighted by Gasteiger charge is -2.01. The molecule has 0 aliphatic rings. The summed E-state index contributed by atoms with van der Waals surface area (Å²) in [6.45, 7) is 4.51. The second-order valence-corrected chi connectivity index (χ2v) is 5.54. The third-order valence-corrected chi connectivity index (χ3v) is 3.85. The van der Waals surface area contributed by atoms with Crippen LogP contribution >= 0.6 is 22.9 Å². The van der Waals surface area contributed by atoms with Crippen LogP contribution in [0.5, 0.6) is 0 Å². The monoisotopic (exact) mass is 318 g/mol. The molecule has 0 unspecified atom stereocenters. The number of aryl methyl sites for hydroxylation is 2. The van der Waals surface area contributed by atoms with Crippen LogP contribution in [0.25, 0.3) is 15.5 Å². The van der Waals surface area contributed by atoms with Crippen molar-refractivity contribution in [2.45, 2.75) is 25.8 Å². The van der Waals surface area contributed by atoms with Gasteiger partial charge in [0.05, 0.1) is 11.3 Å². The molecule has 20 heavy (non-hydrogen) atoms. The molecule has 0 fully saturated rings. The van der Waals surface area contributed by atoms with Crippen molar-refractivity contribution in [2.75, 3.05) is 0 Å². The zero-order valence-electron chi connectivity index (χ0n) is 10.5. The average Bonchev–Trinajstić information content (AvgIpc) is 2.98. The zero-order chi connectivity index (χ0) is 14.5. The first-order chi connectivity index (χ1) is 9.40. The highest BCUT2D eigenvalue weighted by molar-refractivity contribution is 7.19.